The van der Waals surface area contributed by atoms with Gasteiger partial charge >= 0.3 is 5.97 Å². The van der Waals surface area contributed by atoms with Crippen molar-refractivity contribution in [1.82, 2.24) is 10.2 Å². The molecular weight excluding hydrogens is 400 g/mol. The summed E-state index contributed by atoms with van der Waals surface area (Å²) in [7, 11) is 0. The summed E-state index contributed by atoms with van der Waals surface area (Å²) < 4.78 is 6.30. The van der Waals surface area contributed by atoms with Crippen LogP contribution in [0.1, 0.15) is 67.8 Å². The van der Waals surface area contributed by atoms with Crippen LogP contribution in [-0.4, -0.2) is 27.9 Å². The molecule has 166 valence electrons. The third-order valence-corrected chi connectivity index (χ3v) is 7.07. The predicted molar refractivity (Wildman–Crippen MR) is 125 cm³/mol. The topological polar surface area (TPSA) is 75.2 Å². The van der Waals surface area contributed by atoms with Crippen LogP contribution in [0.5, 0.6) is 5.75 Å². The number of carboxylic acids is 1. The van der Waals surface area contributed by atoms with E-state index in [1.165, 1.54) is 50.5 Å². The van der Waals surface area contributed by atoms with Crippen molar-refractivity contribution in [2.75, 3.05) is 6.61 Å². The summed E-state index contributed by atoms with van der Waals surface area (Å²) >= 11 is 0. The van der Waals surface area contributed by atoms with Gasteiger partial charge in [0.25, 0.3) is 0 Å². The Morgan fingerprint density at radius 1 is 1.06 bits per heavy atom. The highest BCUT2D eigenvalue weighted by Gasteiger charge is 2.32. The molecule has 3 aromatic rings. The molecule has 2 fully saturated rings. The maximum Gasteiger partial charge on any atom is 0.335 e. The number of aromatic carboxylic acids is 1. The Labute approximate surface area is 188 Å². The van der Waals surface area contributed by atoms with E-state index in [4.69, 9.17) is 9.84 Å². The van der Waals surface area contributed by atoms with E-state index >= 15 is 0 Å². The van der Waals surface area contributed by atoms with Gasteiger partial charge in [0.2, 0.25) is 0 Å². The molecule has 0 aliphatic heterocycles. The second-order valence-corrected chi connectivity index (χ2v) is 9.64. The molecule has 0 atom stereocenters. The van der Waals surface area contributed by atoms with Gasteiger partial charge in [0.1, 0.15) is 5.75 Å². The first-order chi connectivity index (χ1) is 15.5. The quantitative estimate of drug-likeness (QED) is 0.451. The Kier molecular flexibility index (Phi) is 5.50. The highest BCUT2D eigenvalue weighted by molar-refractivity contribution is 5.88. The van der Waals surface area contributed by atoms with Crippen molar-refractivity contribution in [2.45, 2.75) is 57.3 Å². The number of H-pyrrole nitrogens is 1. The average Bonchev–Trinajstić information content (AvgIpc) is 3.51. The van der Waals surface area contributed by atoms with Crippen molar-refractivity contribution in [3.63, 3.8) is 0 Å². The largest absolute Gasteiger partial charge is 0.493 e. The number of carboxylic acid groups (broad SMARTS) is 1. The molecule has 1 heterocycles. The highest BCUT2D eigenvalue weighted by Crippen LogP contribution is 2.45. The number of aromatic nitrogens is 2. The number of nitrogens with one attached hydrogen (secondary N) is 1. The van der Waals surface area contributed by atoms with E-state index in [1.807, 2.05) is 18.2 Å². The summed E-state index contributed by atoms with van der Waals surface area (Å²) in [5, 5.41) is 16.8. The normalized spacial score (nSPS) is 17.8. The minimum Gasteiger partial charge on any atom is -0.493 e. The monoisotopic (exact) mass is 430 g/mol. The van der Waals surface area contributed by atoms with Gasteiger partial charge in [-0.25, -0.2) is 4.79 Å². The van der Waals surface area contributed by atoms with Gasteiger partial charge in [-0.1, -0.05) is 38.3 Å². The molecule has 2 aliphatic carbocycles. The lowest BCUT2D eigenvalue weighted by Crippen LogP contribution is -2.26. The van der Waals surface area contributed by atoms with E-state index in [9.17, 15) is 4.79 Å². The van der Waals surface area contributed by atoms with E-state index in [-0.39, 0.29) is 11.0 Å². The Bertz CT molecular complexity index is 1110. The van der Waals surface area contributed by atoms with Gasteiger partial charge in [0, 0.05) is 11.1 Å². The van der Waals surface area contributed by atoms with Gasteiger partial charge in [-0.3, -0.25) is 5.10 Å². The average molecular weight is 431 g/mol. The third kappa shape index (κ3) is 4.29. The van der Waals surface area contributed by atoms with Crippen molar-refractivity contribution in [1.29, 1.82) is 0 Å². The fourth-order valence-corrected chi connectivity index (χ4v) is 4.79. The number of benzene rings is 2. The zero-order chi connectivity index (χ0) is 22.1. The van der Waals surface area contributed by atoms with Gasteiger partial charge in [-0.2, -0.15) is 5.10 Å². The lowest BCUT2D eigenvalue weighted by atomic mass is 9.70. The Balaban J connectivity index is 1.45. The van der Waals surface area contributed by atoms with E-state index in [0.29, 0.717) is 0 Å². The molecule has 0 spiro atoms. The third-order valence-electron chi connectivity index (χ3n) is 7.07. The molecule has 0 unspecified atom stereocenters. The number of aromatic amines is 1. The van der Waals surface area contributed by atoms with E-state index < -0.39 is 5.97 Å². The molecule has 5 rings (SSSR count). The standard InChI is InChI=1S/C27H30N2O3/c1-27(13-3-2-4-14-27)22-15-21(11-12-25(22)32-17-18-5-6-18)24-16-23(28-29-24)19-7-9-20(10-8-19)26(30)31/h7-12,15-16,18H,2-6,13-14,17H2,1H3,(H,28,29)(H,30,31). The van der Waals surface area contributed by atoms with Crippen LogP contribution in [0.2, 0.25) is 0 Å². The zero-order valence-corrected chi connectivity index (χ0v) is 18.6. The lowest BCUT2D eigenvalue weighted by molar-refractivity contribution is 0.0697. The van der Waals surface area contributed by atoms with E-state index in [2.05, 4.69) is 35.3 Å². The van der Waals surface area contributed by atoms with Gasteiger partial charge < -0.3 is 9.84 Å². The zero-order valence-electron chi connectivity index (χ0n) is 18.6. The minimum absolute atomic E-state index is 0.138. The van der Waals surface area contributed by atoms with Crippen molar-refractivity contribution < 1.29 is 14.6 Å². The van der Waals surface area contributed by atoms with Crippen molar-refractivity contribution >= 4 is 5.97 Å². The first kappa shape index (κ1) is 20.8. The number of hydrogen-bond acceptors (Lipinski definition) is 3. The summed E-state index contributed by atoms with van der Waals surface area (Å²) in [6.07, 6.45) is 8.80. The number of nitrogens with zero attached hydrogens (tertiary/aromatic N) is 1. The molecule has 2 saturated carbocycles. The van der Waals surface area contributed by atoms with Crippen molar-refractivity contribution in [3.8, 4) is 28.3 Å². The Morgan fingerprint density at radius 3 is 2.47 bits per heavy atom. The molecule has 2 aliphatic rings. The van der Waals surface area contributed by atoms with Crippen LogP contribution in [0.15, 0.2) is 48.5 Å². The maximum absolute atomic E-state index is 11.1. The van der Waals surface area contributed by atoms with Crippen LogP contribution >= 0.6 is 0 Å². The predicted octanol–water partition coefficient (Wildman–Crippen LogP) is 6.45. The maximum atomic E-state index is 11.1. The van der Waals surface area contributed by atoms with Crippen molar-refractivity contribution in [2.24, 2.45) is 5.92 Å². The Morgan fingerprint density at radius 2 is 1.78 bits per heavy atom. The molecular formula is C27H30N2O3. The molecule has 1 aromatic heterocycles. The molecule has 2 aromatic carbocycles. The summed E-state index contributed by atoms with van der Waals surface area (Å²) in [5.74, 6) is 0.836. The first-order valence-corrected chi connectivity index (χ1v) is 11.7. The molecule has 0 saturated heterocycles. The smallest absolute Gasteiger partial charge is 0.335 e. The summed E-state index contributed by atoms with van der Waals surface area (Å²) in [5.41, 5.74) is 5.48. The molecule has 2 N–H and O–H groups in total. The fourth-order valence-electron chi connectivity index (χ4n) is 4.79. The van der Waals surface area contributed by atoms with Crippen LogP contribution in [-0.2, 0) is 5.41 Å². The number of carbonyl (C=O) groups is 1. The summed E-state index contributed by atoms with van der Waals surface area (Å²) in [6, 6.07) is 15.4. The number of rotatable bonds is 7. The van der Waals surface area contributed by atoms with Crippen LogP contribution in [0.3, 0.4) is 0 Å². The second-order valence-electron chi connectivity index (χ2n) is 9.64. The van der Waals surface area contributed by atoms with Gasteiger partial charge in [-0.15, -0.1) is 0 Å². The van der Waals surface area contributed by atoms with Gasteiger partial charge in [-0.05, 0) is 79.0 Å². The molecule has 0 amide bonds. The SMILES string of the molecule is CC1(c2cc(-c3cc(-c4ccc(C(=O)O)cc4)[nH]n3)ccc2OCC2CC2)CCCCC1. The number of hydrogen-bond donors (Lipinski definition) is 2. The molecule has 0 bridgehead atoms. The molecule has 5 heteroatoms. The summed E-state index contributed by atoms with van der Waals surface area (Å²) in [6.45, 7) is 3.20. The van der Waals surface area contributed by atoms with Crippen molar-refractivity contribution in [3.05, 3.63) is 59.7 Å². The van der Waals surface area contributed by atoms with Crippen LogP contribution in [0.25, 0.3) is 22.5 Å². The number of ether oxygens (including phenoxy) is 1. The first-order valence-electron chi connectivity index (χ1n) is 11.7. The van der Waals surface area contributed by atoms with Crippen LogP contribution in [0.4, 0.5) is 0 Å². The lowest BCUT2D eigenvalue weighted by Gasteiger charge is -2.35. The second kappa shape index (κ2) is 8.45. The van der Waals surface area contributed by atoms with E-state index in [1.54, 1.807) is 12.1 Å². The van der Waals surface area contributed by atoms with Crippen LogP contribution in [0, 0.1) is 5.92 Å². The summed E-state index contributed by atoms with van der Waals surface area (Å²) in [4.78, 5) is 11.1. The minimum atomic E-state index is -0.922. The molecule has 5 nitrogen and oxygen atoms in total. The fraction of sp³-hybridized carbons (Fsp3) is 0.407. The molecule has 32 heavy (non-hydrogen) atoms. The van der Waals surface area contributed by atoms with Gasteiger partial charge in [0.15, 0.2) is 0 Å². The Hall–Kier alpha value is -3.08. The highest BCUT2D eigenvalue weighted by atomic mass is 16.5. The van der Waals surface area contributed by atoms with Gasteiger partial charge in [0.05, 0.1) is 23.6 Å². The van der Waals surface area contributed by atoms with Crippen LogP contribution < -0.4 is 4.74 Å². The molecule has 0 radical (unpaired) electrons. The van der Waals surface area contributed by atoms with E-state index in [0.717, 1.165) is 40.8 Å².